The lowest BCUT2D eigenvalue weighted by molar-refractivity contribution is -0.125. The van der Waals surface area contributed by atoms with Crippen molar-refractivity contribution in [3.05, 3.63) is 0 Å². The third kappa shape index (κ3) is 8.09. The molecule has 1 nitrogen and oxygen atoms in total. The minimum Gasteiger partial charge on any atom is -0.303 e. The number of unbranched alkanes of at least 4 members (excludes halogenated alkanes) is 7. The summed E-state index contributed by atoms with van der Waals surface area (Å²) in [5.74, 6) is 3.80. The lowest BCUT2D eigenvalue weighted by Gasteiger charge is -2.53. The van der Waals surface area contributed by atoms with E-state index in [1.54, 1.807) is 0 Å². The number of hydrogen-bond acceptors (Lipinski definition) is 1. The molecule has 1 atom stereocenters. The lowest BCUT2D eigenvalue weighted by atomic mass is 9.51. The normalized spacial score (nSPS) is 31.9. The Hall–Kier alpha value is -0.330. The monoisotopic (exact) mass is 472 g/mol. The Balaban J connectivity index is 1.56. The molecule has 0 aromatic rings. The summed E-state index contributed by atoms with van der Waals surface area (Å²) in [5, 5.41) is 0. The molecule has 3 aliphatic rings. The van der Waals surface area contributed by atoms with E-state index >= 15 is 0 Å². The summed E-state index contributed by atoms with van der Waals surface area (Å²) < 4.78 is 0. The van der Waals surface area contributed by atoms with Gasteiger partial charge in [0.25, 0.3) is 0 Å². The lowest BCUT2D eigenvalue weighted by Crippen LogP contribution is -2.46. The van der Waals surface area contributed by atoms with Crippen LogP contribution in [0.1, 0.15) is 168 Å². The average Bonchev–Trinajstić information content (AvgIpc) is 2.89. The Morgan fingerprint density at radius 2 is 1.18 bits per heavy atom. The van der Waals surface area contributed by atoms with Crippen LogP contribution in [-0.4, -0.2) is 6.29 Å². The first kappa shape index (κ1) is 28.2. The first-order valence-electron chi connectivity index (χ1n) is 16.2. The van der Waals surface area contributed by atoms with Crippen molar-refractivity contribution in [3.8, 4) is 0 Å². The zero-order valence-electron chi connectivity index (χ0n) is 23.3. The molecule has 0 aromatic heterocycles. The molecule has 0 aliphatic heterocycles. The van der Waals surface area contributed by atoms with E-state index in [-0.39, 0.29) is 0 Å². The summed E-state index contributed by atoms with van der Waals surface area (Å²) in [5.41, 5.74) is 0.361. The van der Waals surface area contributed by atoms with Crippen LogP contribution >= 0.6 is 0 Å². The third-order valence-electron chi connectivity index (χ3n) is 10.8. The predicted octanol–water partition coefficient (Wildman–Crippen LogP) is 10.7. The second-order valence-electron chi connectivity index (χ2n) is 13.0. The summed E-state index contributed by atoms with van der Waals surface area (Å²) in [4.78, 5) is 12.8. The molecule has 0 bridgehead atoms. The first-order valence-corrected chi connectivity index (χ1v) is 16.2. The molecule has 1 heteroatoms. The summed E-state index contributed by atoms with van der Waals surface area (Å²) in [6, 6.07) is 0. The standard InChI is InChI=1S/C33H60O/c1-3-5-7-9-12-15-28-19-21-30(22-20-28)32(27-34)33(31-17-13-10-14-18-31)25-23-29(24-26-33)16-11-8-6-4-2/h27-32H,3-26H2,1-2H3/t28?,29-,30?,32?,33+. The SMILES string of the molecule is CCCCCCCC1CCC(C(C=O)[C@]2(C3CCCCC3)CC[C@H](CCCCCC)CC2)CC1. The molecular weight excluding hydrogens is 412 g/mol. The molecule has 3 aliphatic carbocycles. The van der Waals surface area contributed by atoms with E-state index < -0.39 is 0 Å². The number of carbonyl (C=O) groups excluding carboxylic acids is 1. The number of hydrogen-bond donors (Lipinski definition) is 0. The van der Waals surface area contributed by atoms with Gasteiger partial charge in [0.05, 0.1) is 0 Å². The van der Waals surface area contributed by atoms with Gasteiger partial charge in [-0.05, 0) is 80.5 Å². The molecule has 34 heavy (non-hydrogen) atoms. The number of rotatable bonds is 15. The van der Waals surface area contributed by atoms with E-state index in [0.717, 1.165) is 17.8 Å². The number of aldehydes is 1. The summed E-state index contributed by atoms with van der Waals surface area (Å²) in [6.45, 7) is 4.63. The van der Waals surface area contributed by atoms with Gasteiger partial charge in [-0.2, -0.15) is 0 Å². The Kier molecular flexibility index (Phi) is 13.1. The number of carbonyl (C=O) groups is 1. The molecular formula is C33H60O. The Bertz CT molecular complexity index is 517. The zero-order valence-corrected chi connectivity index (χ0v) is 23.3. The fourth-order valence-corrected chi connectivity index (χ4v) is 8.64. The van der Waals surface area contributed by atoms with Gasteiger partial charge >= 0.3 is 0 Å². The van der Waals surface area contributed by atoms with Crippen LogP contribution in [-0.2, 0) is 4.79 Å². The highest BCUT2D eigenvalue weighted by atomic mass is 16.1. The fourth-order valence-electron chi connectivity index (χ4n) is 8.64. The van der Waals surface area contributed by atoms with E-state index in [9.17, 15) is 4.79 Å². The maximum absolute atomic E-state index is 12.8. The zero-order chi connectivity index (χ0) is 24.1. The molecule has 0 spiro atoms. The van der Waals surface area contributed by atoms with Crippen LogP contribution in [0.4, 0.5) is 0 Å². The highest BCUT2D eigenvalue weighted by molar-refractivity contribution is 5.56. The second-order valence-corrected chi connectivity index (χ2v) is 13.0. The van der Waals surface area contributed by atoms with Crippen molar-refractivity contribution in [2.75, 3.05) is 0 Å². The summed E-state index contributed by atoms with van der Waals surface area (Å²) >= 11 is 0. The van der Waals surface area contributed by atoms with E-state index in [1.807, 2.05) is 0 Å². The van der Waals surface area contributed by atoms with Crippen molar-refractivity contribution in [1.82, 2.24) is 0 Å². The summed E-state index contributed by atoms with van der Waals surface area (Å²) in [7, 11) is 0. The first-order chi connectivity index (χ1) is 16.7. The second kappa shape index (κ2) is 15.7. The fraction of sp³-hybridized carbons (Fsp3) is 0.970. The topological polar surface area (TPSA) is 17.1 Å². The van der Waals surface area contributed by atoms with Crippen LogP contribution < -0.4 is 0 Å². The van der Waals surface area contributed by atoms with E-state index in [2.05, 4.69) is 13.8 Å². The van der Waals surface area contributed by atoms with Gasteiger partial charge in [-0.25, -0.2) is 0 Å². The van der Waals surface area contributed by atoms with Crippen molar-refractivity contribution in [2.45, 2.75) is 168 Å². The van der Waals surface area contributed by atoms with Crippen LogP contribution in [0.5, 0.6) is 0 Å². The van der Waals surface area contributed by atoms with Gasteiger partial charge in [-0.1, -0.05) is 117 Å². The van der Waals surface area contributed by atoms with Crippen LogP contribution in [0.2, 0.25) is 0 Å². The summed E-state index contributed by atoms with van der Waals surface area (Å²) in [6.07, 6.45) is 35.3. The molecule has 198 valence electrons. The third-order valence-corrected chi connectivity index (χ3v) is 10.8. The van der Waals surface area contributed by atoms with Gasteiger partial charge in [0, 0.05) is 5.92 Å². The van der Waals surface area contributed by atoms with Gasteiger partial charge in [0.15, 0.2) is 0 Å². The smallest absolute Gasteiger partial charge is 0.123 e. The van der Waals surface area contributed by atoms with Gasteiger partial charge in [-0.15, -0.1) is 0 Å². The van der Waals surface area contributed by atoms with E-state index in [1.165, 1.54) is 160 Å². The van der Waals surface area contributed by atoms with Crippen molar-refractivity contribution in [3.63, 3.8) is 0 Å². The molecule has 1 unspecified atom stereocenters. The van der Waals surface area contributed by atoms with Crippen LogP contribution in [0.3, 0.4) is 0 Å². The maximum Gasteiger partial charge on any atom is 0.123 e. The van der Waals surface area contributed by atoms with E-state index in [4.69, 9.17) is 0 Å². The van der Waals surface area contributed by atoms with Gasteiger partial charge in [0.2, 0.25) is 0 Å². The Morgan fingerprint density at radius 1 is 0.647 bits per heavy atom. The van der Waals surface area contributed by atoms with Crippen LogP contribution in [0.25, 0.3) is 0 Å². The Labute approximate surface area is 214 Å². The minimum atomic E-state index is 0.361. The molecule has 0 amide bonds. The molecule has 0 saturated heterocycles. The van der Waals surface area contributed by atoms with Crippen molar-refractivity contribution >= 4 is 6.29 Å². The quantitative estimate of drug-likeness (QED) is 0.171. The minimum absolute atomic E-state index is 0.361. The van der Waals surface area contributed by atoms with Crippen LogP contribution in [0.15, 0.2) is 0 Å². The van der Waals surface area contributed by atoms with Gasteiger partial charge in [0.1, 0.15) is 6.29 Å². The van der Waals surface area contributed by atoms with Gasteiger partial charge < -0.3 is 4.79 Å². The molecule has 0 N–H and O–H groups in total. The highest BCUT2D eigenvalue weighted by Crippen LogP contribution is 2.57. The molecule has 0 radical (unpaired) electrons. The molecule has 0 heterocycles. The largest absolute Gasteiger partial charge is 0.303 e. The van der Waals surface area contributed by atoms with Crippen LogP contribution in [0, 0.1) is 35.0 Å². The maximum atomic E-state index is 12.8. The van der Waals surface area contributed by atoms with Crippen molar-refractivity contribution in [1.29, 1.82) is 0 Å². The predicted molar refractivity (Wildman–Crippen MR) is 148 cm³/mol. The Morgan fingerprint density at radius 3 is 1.74 bits per heavy atom. The molecule has 3 rings (SSSR count). The van der Waals surface area contributed by atoms with Crippen molar-refractivity contribution in [2.24, 2.45) is 35.0 Å². The average molecular weight is 473 g/mol. The highest BCUT2D eigenvalue weighted by Gasteiger charge is 2.49. The van der Waals surface area contributed by atoms with Crippen molar-refractivity contribution < 1.29 is 4.79 Å². The molecule has 3 saturated carbocycles. The van der Waals surface area contributed by atoms with E-state index in [0.29, 0.717) is 17.3 Å². The molecule has 3 fully saturated rings. The molecule has 0 aromatic carbocycles. The van der Waals surface area contributed by atoms with Gasteiger partial charge in [-0.3, -0.25) is 0 Å².